The van der Waals surface area contributed by atoms with Gasteiger partial charge >= 0.3 is 0 Å². The van der Waals surface area contributed by atoms with E-state index in [-0.39, 0.29) is 0 Å². The maximum Gasteiger partial charge on any atom is 0.164 e. The highest BCUT2D eigenvalue weighted by molar-refractivity contribution is 7.99. The maximum absolute atomic E-state index is 5.53. The molecule has 1 unspecified atom stereocenters. The average Bonchev–Trinajstić information content (AvgIpc) is 2.67. The molecule has 0 aromatic carbocycles. The summed E-state index contributed by atoms with van der Waals surface area (Å²) in [5.41, 5.74) is 5.53. The molecule has 1 fully saturated rings. The van der Waals surface area contributed by atoms with Crippen LogP contribution in [-0.4, -0.2) is 31.2 Å². The molecule has 1 aliphatic heterocycles. The summed E-state index contributed by atoms with van der Waals surface area (Å²) < 4.78 is 1.84. The van der Waals surface area contributed by atoms with E-state index in [0.717, 1.165) is 12.4 Å². The van der Waals surface area contributed by atoms with Crippen LogP contribution in [0.15, 0.2) is 0 Å². The molecule has 0 aliphatic carbocycles. The number of hydrogen-bond acceptors (Lipinski definition) is 5. The predicted molar refractivity (Wildman–Crippen MR) is 55.8 cm³/mol. The quantitative estimate of drug-likeness (QED) is 0.788. The normalized spacial score (nSPS) is 22.5. The fourth-order valence-electron chi connectivity index (χ4n) is 1.66. The smallest absolute Gasteiger partial charge is 0.164 e. The molecule has 14 heavy (non-hydrogen) atoms. The summed E-state index contributed by atoms with van der Waals surface area (Å²) >= 11 is 2.02. The first kappa shape index (κ1) is 9.92. The molecule has 0 bridgehead atoms. The van der Waals surface area contributed by atoms with Crippen molar-refractivity contribution in [1.82, 2.24) is 20.2 Å². The third kappa shape index (κ3) is 2.24. The van der Waals surface area contributed by atoms with Gasteiger partial charge in [0, 0.05) is 5.25 Å². The van der Waals surface area contributed by atoms with E-state index in [4.69, 9.17) is 5.73 Å². The van der Waals surface area contributed by atoms with Gasteiger partial charge in [0.25, 0.3) is 0 Å². The molecule has 1 aromatic rings. The monoisotopic (exact) mass is 213 g/mol. The third-order valence-electron chi connectivity index (χ3n) is 2.44. The molecule has 1 aromatic heterocycles. The molecule has 78 valence electrons. The first-order valence-electron chi connectivity index (χ1n) is 4.97. The lowest BCUT2D eigenvalue weighted by atomic mass is 10.2. The Bertz CT molecular complexity index is 281. The summed E-state index contributed by atoms with van der Waals surface area (Å²) in [5.74, 6) is 2.06. The molecule has 2 N–H and O–H groups in total. The van der Waals surface area contributed by atoms with E-state index in [9.17, 15) is 0 Å². The molecular weight excluding hydrogens is 198 g/mol. The molecule has 1 atom stereocenters. The van der Waals surface area contributed by atoms with Crippen LogP contribution in [0.25, 0.3) is 0 Å². The lowest BCUT2D eigenvalue weighted by molar-refractivity contribution is 0.515. The van der Waals surface area contributed by atoms with Gasteiger partial charge in [0.15, 0.2) is 5.82 Å². The zero-order valence-electron chi connectivity index (χ0n) is 8.09. The number of thioether (sulfide) groups is 1. The Labute approximate surface area is 87.4 Å². The highest BCUT2D eigenvalue weighted by Gasteiger charge is 2.16. The van der Waals surface area contributed by atoms with Crippen molar-refractivity contribution in [1.29, 1.82) is 0 Å². The second kappa shape index (κ2) is 4.75. The average molecular weight is 213 g/mol. The Morgan fingerprint density at radius 2 is 2.43 bits per heavy atom. The van der Waals surface area contributed by atoms with Crippen molar-refractivity contribution in [3.05, 3.63) is 5.82 Å². The number of aromatic nitrogens is 4. The van der Waals surface area contributed by atoms with E-state index in [1.54, 1.807) is 0 Å². The van der Waals surface area contributed by atoms with Crippen LogP contribution in [-0.2, 0) is 13.1 Å². The summed E-state index contributed by atoms with van der Waals surface area (Å²) in [5, 5.41) is 12.1. The van der Waals surface area contributed by atoms with E-state index < -0.39 is 0 Å². The zero-order valence-corrected chi connectivity index (χ0v) is 8.91. The van der Waals surface area contributed by atoms with Gasteiger partial charge in [0.05, 0.1) is 13.1 Å². The van der Waals surface area contributed by atoms with Crippen molar-refractivity contribution >= 4 is 11.8 Å². The molecular formula is C8H15N5S. The Hall–Kier alpha value is -0.620. The van der Waals surface area contributed by atoms with Gasteiger partial charge in [-0.05, 0) is 29.0 Å². The summed E-state index contributed by atoms with van der Waals surface area (Å²) in [6, 6.07) is 0. The van der Waals surface area contributed by atoms with Crippen molar-refractivity contribution < 1.29 is 0 Å². The van der Waals surface area contributed by atoms with Gasteiger partial charge in [-0.3, -0.25) is 0 Å². The Morgan fingerprint density at radius 3 is 3.14 bits per heavy atom. The molecule has 2 rings (SSSR count). The molecule has 5 nitrogen and oxygen atoms in total. The van der Waals surface area contributed by atoms with Gasteiger partial charge < -0.3 is 5.73 Å². The minimum absolute atomic E-state index is 0.421. The van der Waals surface area contributed by atoms with Crippen LogP contribution in [0.2, 0.25) is 0 Å². The van der Waals surface area contributed by atoms with Crippen LogP contribution in [0.5, 0.6) is 0 Å². The lowest BCUT2D eigenvalue weighted by Crippen LogP contribution is -2.20. The summed E-state index contributed by atoms with van der Waals surface area (Å²) in [7, 11) is 0. The molecule has 0 amide bonds. The number of rotatable bonds is 3. The summed E-state index contributed by atoms with van der Waals surface area (Å²) in [6.45, 7) is 1.33. The molecule has 0 spiro atoms. The van der Waals surface area contributed by atoms with E-state index in [1.165, 1.54) is 25.0 Å². The van der Waals surface area contributed by atoms with Crippen LogP contribution in [0.3, 0.4) is 0 Å². The van der Waals surface area contributed by atoms with Gasteiger partial charge in [-0.2, -0.15) is 11.8 Å². The van der Waals surface area contributed by atoms with Gasteiger partial charge in [-0.25, -0.2) is 4.68 Å². The van der Waals surface area contributed by atoms with Gasteiger partial charge in [0.2, 0.25) is 0 Å². The Morgan fingerprint density at radius 1 is 1.50 bits per heavy atom. The largest absolute Gasteiger partial charge is 0.324 e. The van der Waals surface area contributed by atoms with Crippen LogP contribution in [0, 0.1) is 0 Å². The van der Waals surface area contributed by atoms with Gasteiger partial charge in [-0.15, -0.1) is 5.10 Å². The minimum atomic E-state index is 0.421. The van der Waals surface area contributed by atoms with E-state index in [1.807, 2.05) is 16.4 Å². The van der Waals surface area contributed by atoms with Gasteiger partial charge in [-0.1, -0.05) is 6.42 Å². The Kier molecular flexibility index (Phi) is 3.36. The third-order valence-corrected chi connectivity index (χ3v) is 3.82. The van der Waals surface area contributed by atoms with Crippen LogP contribution in [0.1, 0.15) is 25.1 Å². The molecule has 2 heterocycles. The highest BCUT2D eigenvalue weighted by Crippen LogP contribution is 2.26. The van der Waals surface area contributed by atoms with Crippen LogP contribution < -0.4 is 5.73 Å². The summed E-state index contributed by atoms with van der Waals surface area (Å²) in [6.07, 6.45) is 3.95. The second-order valence-electron chi connectivity index (χ2n) is 3.47. The number of hydrogen-bond donors (Lipinski definition) is 1. The highest BCUT2D eigenvalue weighted by atomic mass is 32.2. The summed E-state index contributed by atoms with van der Waals surface area (Å²) in [4.78, 5) is 0. The van der Waals surface area contributed by atoms with Crippen molar-refractivity contribution in [3.8, 4) is 0 Å². The molecule has 0 radical (unpaired) electrons. The van der Waals surface area contributed by atoms with Crippen molar-refractivity contribution in [3.63, 3.8) is 0 Å². The fraction of sp³-hybridized carbons (Fsp3) is 0.875. The Balaban J connectivity index is 1.95. The molecule has 1 aliphatic rings. The topological polar surface area (TPSA) is 69.6 Å². The van der Waals surface area contributed by atoms with E-state index in [0.29, 0.717) is 11.8 Å². The van der Waals surface area contributed by atoms with Crippen LogP contribution >= 0.6 is 11.8 Å². The first-order valence-corrected chi connectivity index (χ1v) is 6.01. The number of nitrogens with zero attached hydrogens (tertiary/aromatic N) is 4. The SMILES string of the molecule is NCc1nnnn1CC1CCCCS1. The molecule has 0 saturated carbocycles. The fourth-order valence-corrected chi connectivity index (χ4v) is 2.94. The van der Waals surface area contributed by atoms with Crippen molar-refractivity contribution in [2.45, 2.75) is 37.6 Å². The molecule has 1 saturated heterocycles. The number of nitrogens with two attached hydrogens (primary N) is 1. The lowest BCUT2D eigenvalue weighted by Gasteiger charge is -2.20. The first-order chi connectivity index (χ1) is 6.90. The predicted octanol–water partition coefficient (Wildman–Crippen LogP) is 0.417. The minimum Gasteiger partial charge on any atom is -0.324 e. The maximum atomic E-state index is 5.53. The second-order valence-corrected chi connectivity index (χ2v) is 4.88. The van der Waals surface area contributed by atoms with Crippen molar-refractivity contribution in [2.24, 2.45) is 5.73 Å². The van der Waals surface area contributed by atoms with E-state index in [2.05, 4.69) is 15.5 Å². The standard InChI is InChI=1S/C8H15N5S/c9-5-8-10-11-12-13(8)6-7-3-1-2-4-14-7/h7H,1-6,9H2. The zero-order chi connectivity index (χ0) is 9.80. The molecule has 6 heteroatoms. The van der Waals surface area contributed by atoms with Crippen LogP contribution in [0.4, 0.5) is 0 Å². The van der Waals surface area contributed by atoms with Crippen molar-refractivity contribution in [2.75, 3.05) is 5.75 Å². The van der Waals surface area contributed by atoms with E-state index >= 15 is 0 Å². The van der Waals surface area contributed by atoms with Gasteiger partial charge in [0.1, 0.15) is 0 Å². The number of tetrazole rings is 1.